The lowest BCUT2D eigenvalue weighted by molar-refractivity contribution is -0.384. The van der Waals surface area contributed by atoms with E-state index in [0.717, 1.165) is 10.5 Å². The highest BCUT2D eigenvalue weighted by Gasteiger charge is 2.17. The first-order chi connectivity index (χ1) is 15.9. The summed E-state index contributed by atoms with van der Waals surface area (Å²) in [6.07, 6.45) is 1.60. The normalized spacial score (nSPS) is 11.2. The smallest absolute Gasteiger partial charge is 0.270 e. The highest BCUT2D eigenvalue weighted by molar-refractivity contribution is 7.99. The van der Waals surface area contributed by atoms with Gasteiger partial charge in [-0.1, -0.05) is 35.3 Å². The molecule has 7 nitrogen and oxygen atoms in total. The van der Waals surface area contributed by atoms with Crippen molar-refractivity contribution in [1.29, 1.82) is 0 Å². The molecular formula is C23H17Cl2N5O2S. The zero-order valence-electron chi connectivity index (χ0n) is 17.4. The van der Waals surface area contributed by atoms with Crippen LogP contribution in [0.2, 0.25) is 10.0 Å². The fourth-order valence-electron chi connectivity index (χ4n) is 3.10. The van der Waals surface area contributed by atoms with E-state index < -0.39 is 4.92 Å². The molecule has 1 heterocycles. The van der Waals surface area contributed by atoms with Crippen LogP contribution < -0.4 is 0 Å². The number of aromatic nitrogens is 3. The second-order valence-electron chi connectivity index (χ2n) is 6.88. The van der Waals surface area contributed by atoms with Crippen LogP contribution in [0.3, 0.4) is 0 Å². The minimum absolute atomic E-state index is 0.0199. The number of rotatable bonds is 7. The molecule has 10 heteroatoms. The van der Waals surface area contributed by atoms with Crippen molar-refractivity contribution in [2.75, 3.05) is 0 Å². The summed E-state index contributed by atoms with van der Waals surface area (Å²) in [6, 6.07) is 19.1. The van der Waals surface area contributed by atoms with Gasteiger partial charge in [0.2, 0.25) is 0 Å². The Kier molecular flexibility index (Phi) is 7.08. The first kappa shape index (κ1) is 23.0. The Morgan fingerprint density at radius 3 is 2.55 bits per heavy atom. The van der Waals surface area contributed by atoms with E-state index in [2.05, 4.69) is 15.2 Å². The molecule has 1 aromatic heterocycles. The number of benzene rings is 3. The summed E-state index contributed by atoms with van der Waals surface area (Å²) in [7, 11) is 0. The minimum Gasteiger partial charge on any atom is -0.302 e. The standard InChI is InChI=1S/C23H17Cl2N5O2S/c1-2-29-22(15-4-3-5-18(25)12-15)27-28-23(29)33-21-11-10-20(30(31)32)13-16(21)14-26-19-8-6-17(24)7-9-19/h3-14H,2H2,1H3. The number of aliphatic imine (C=N–C) groups is 1. The van der Waals surface area contributed by atoms with Crippen molar-refractivity contribution in [3.8, 4) is 11.4 Å². The largest absolute Gasteiger partial charge is 0.302 e. The molecule has 0 N–H and O–H groups in total. The third-order valence-electron chi connectivity index (χ3n) is 4.70. The van der Waals surface area contributed by atoms with E-state index in [1.807, 2.05) is 29.7 Å². The van der Waals surface area contributed by atoms with Crippen LogP contribution in [-0.4, -0.2) is 25.9 Å². The van der Waals surface area contributed by atoms with Crippen molar-refractivity contribution >= 4 is 52.6 Å². The minimum atomic E-state index is -0.431. The number of nitrogens with zero attached hydrogens (tertiary/aromatic N) is 5. The van der Waals surface area contributed by atoms with Crippen LogP contribution in [0, 0.1) is 10.1 Å². The van der Waals surface area contributed by atoms with Gasteiger partial charge in [0.15, 0.2) is 11.0 Å². The molecule has 0 radical (unpaired) electrons. The van der Waals surface area contributed by atoms with Gasteiger partial charge >= 0.3 is 0 Å². The summed E-state index contributed by atoms with van der Waals surface area (Å²) >= 11 is 13.4. The molecule has 4 aromatic rings. The van der Waals surface area contributed by atoms with Crippen molar-refractivity contribution in [2.24, 2.45) is 4.99 Å². The Morgan fingerprint density at radius 2 is 1.85 bits per heavy atom. The highest BCUT2D eigenvalue weighted by Crippen LogP contribution is 2.33. The van der Waals surface area contributed by atoms with Crippen molar-refractivity contribution in [1.82, 2.24) is 14.8 Å². The Bertz CT molecular complexity index is 1340. The maximum absolute atomic E-state index is 11.3. The summed E-state index contributed by atoms with van der Waals surface area (Å²) in [5.41, 5.74) is 2.12. The molecule has 0 saturated heterocycles. The van der Waals surface area contributed by atoms with Crippen LogP contribution in [-0.2, 0) is 6.54 Å². The van der Waals surface area contributed by atoms with Crippen molar-refractivity contribution < 1.29 is 4.92 Å². The number of non-ortho nitro benzene ring substituents is 1. The molecule has 0 amide bonds. The average molecular weight is 498 g/mol. The van der Waals surface area contributed by atoms with Gasteiger partial charge in [-0.2, -0.15) is 0 Å². The van der Waals surface area contributed by atoms with Gasteiger partial charge in [0, 0.05) is 51.0 Å². The van der Waals surface area contributed by atoms with Crippen LogP contribution >= 0.6 is 35.0 Å². The van der Waals surface area contributed by atoms with Crippen LogP contribution in [0.1, 0.15) is 12.5 Å². The molecule has 0 aliphatic rings. The Morgan fingerprint density at radius 1 is 1.06 bits per heavy atom. The van der Waals surface area contributed by atoms with Gasteiger partial charge in [-0.3, -0.25) is 15.1 Å². The van der Waals surface area contributed by atoms with Crippen LogP contribution in [0.15, 0.2) is 81.8 Å². The van der Waals surface area contributed by atoms with Crippen LogP contribution in [0.5, 0.6) is 0 Å². The maximum atomic E-state index is 11.3. The van der Waals surface area contributed by atoms with Crippen LogP contribution in [0.25, 0.3) is 11.4 Å². The Labute approximate surface area is 204 Å². The average Bonchev–Trinajstić information content (AvgIpc) is 3.22. The van der Waals surface area contributed by atoms with Gasteiger partial charge in [-0.25, -0.2) is 0 Å². The SMILES string of the molecule is CCn1c(Sc2ccc([N+](=O)[O-])cc2C=Nc2ccc(Cl)cc2)nnc1-c1cccc(Cl)c1. The van der Waals surface area contributed by atoms with E-state index in [0.29, 0.717) is 38.8 Å². The Balaban J connectivity index is 1.70. The molecule has 0 spiro atoms. The monoisotopic (exact) mass is 497 g/mol. The topological polar surface area (TPSA) is 86.2 Å². The molecule has 4 rings (SSSR count). The molecule has 0 aliphatic carbocycles. The van der Waals surface area contributed by atoms with E-state index >= 15 is 0 Å². The molecule has 0 fully saturated rings. The second kappa shape index (κ2) is 10.2. The molecule has 0 saturated carbocycles. The quantitative estimate of drug-likeness (QED) is 0.154. The van der Waals surface area contributed by atoms with Gasteiger partial charge in [0.25, 0.3) is 5.69 Å². The number of nitro groups is 1. The Hall–Kier alpha value is -3.20. The van der Waals surface area contributed by atoms with E-state index in [1.165, 1.54) is 23.9 Å². The van der Waals surface area contributed by atoms with Gasteiger partial charge < -0.3 is 4.57 Å². The summed E-state index contributed by atoms with van der Waals surface area (Å²) in [4.78, 5) is 16.1. The van der Waals surface area contributed by atoms with E-state index in [1.54, 1.807) is 42.6 Å². The number of nitro benzene ring substituents is 1. The molecule has 0 atom stereocenters. The molecule has 0 bridgehead atoms. The van der Waals surface area contributed by atoms with E-state index in [4.69, 9.17) is 23.2 Å². The number of halogens is 2. The predicted molar refractivity (Wildman–Crippen MR) is 132 cm³/mol. The first-order valence-electron chi connectivity index (χ1n) is 9.89. The van der Waals surface area contributed by atoms with E-state index in [-0.39, 0.29) is 5.69 Å². The summed E-state index contributed by atoms with van der Waals surface area (Å²) in [6.45, 7) is 2.64. The molecule has 33 heavy (non-hydrogen) atoms. The third kappa shape index (κ3) is 5.42. The lowest BCUT2D eigenvalue weighted by atomic mass is 10.2. The molecule has 0 unspecified atom stereocenters. The summed E-state index contributed by atoms with van der Waals surface area (Å²) in [5, 5.41) is 21.9. The van der Waals surface area contributed by atoms with Gasteiger partial charge in [0.05, 0.1) is 10.6 Å². The van der Waals surface area contributed by atoms with Gasteiger partial charge in [-0.05, 0) is 61.2 Å². The molecular weight excluding hydrogens is 481 g/mol. The van der Waals surface area contributed by atoms with Crippen molar-refractivity contribution in [3.63, 3.8) is 0 Å². The fraction of sp³-hybridized carbons (Fsp3) is 0.0870. The zero-order chi connectivity index (χ0) is 23.4. The molecule has 0 aliphatic heterocycles. The first-order valence-corrected chi connectivity index (χ1v) is 11.5. The second-order valence-corrected chi connectivity index (χ2v) is 8.76. The fourth-order valence-corrected chi connectivity index (χ4v) is 4.39. The zero-order valence-corrected chi connectivity index (χ0v) is 19.7. The lowest BCUT2D eigenvalue weighted by Crippen LogP contribution is -2.00. The van der Waals surface area contributed by atoms with Crippen molar-refractivity contribution in [2.45, 2.75) is 23.5 Å². The molecule has 166 valence electrons. The molecule has 3 aromatic carbocycles. The third-order valence-corrected chi connectivity index (χ3v) is 6.26. The summed E-state index contributed by atoms with van der Waals surface area (Å²) < 4.78 is 1.97. The van der Waals surface area contributed by atoms with Gasteiger partial charge in [-0.15, -0.1) is 10.2 Å². The van der Waals surface area contributed by atoms with E-state index in [9.17, 15) is 10.1 Å². The van der Waals surface area contributed by atoms with Gasteiger partial charge in [0.1, 0.15) is 0 Å². The number of hydrogen-bond donors (Lipinski definition) is 0. The van der Waals surface area contributed by atoms with Crippen LogP contribution in [0.4, 0.5) is 11.4 Å². The highest BCUT2D eigenvalue weighted by atomic mass is 35.5. The number of hydrogen-bond acceptors (Lipinski definition) is 6. The predicted octanol–water partition coefficient (Wildman–Crippen LogP) is 7.08. The van der Waals surface area contributed by atoms with Crippen molar-refractivity contribution in [3.05, 3.63) is 92.5 Å². The maximum Gasteiger partial charge on any atom is 0.270 e. The lowest BCUT2D eigenvalue weighted by Gasteiger charge is -2.09. The summed E-state index contributed by atoms with van der Waals surface area (Å²) in [5.74, 6) is 0.695.